The highest BCUT2D eigenvalue weighted by molar-refractivity contribution is 5.78. The molecule has 1 aromatic carbocycles. The maximum Gasteiger partial charge on any atom is 0.236 e. The maximum atomic E-state index is 12.4. The molecule has 0 saturated carbocycles. The summed E-state index contributed by atoms with van der Waals surface area (Å²) < 4.78 is 21.7. The van der Waals surface area contributed by atoms with E-state index in [1.807, 2.05) is 17.0 Å². The van der Waals surface area contributed by atoms with Crippen LogP contribution in [0.25, 0.3) is 0 Å². The number of morpholine rings is 1. The zero-order chi connectivity index (χ0) is 19.9. The van der Waals surface area contributed by atoms with E-state index in [0.717, 1.165) is 38.3 Å². The summed E-state index contributed by atoms with van der Waals surface area (Å²) in [4.78, 5) is 18.9. The minimum absolute atomic E-state index is 0.207. The first-order valence-corrected chi connectivity index (χ1v) is 9.74. The molecule has 1 aromatic rings. The number of hydrogen-bond donors (Lipinski definition) is 0. The van der Waals surface area contributed by atoms with E-state index in [4.69, 9.17) is 18.9 Å². The minimum atomic E-state index is 0.207. The van der Waals surface area contributed by atoms with Crippen LogP contribution in [0.3, 0.4) is 0 Å². The third kappa shape index (κ3) is 4.87. The van der Waals surface area contributed by atoms with Crippen LogP contribution >= 0.6 is 0 Å². The molecule has 28 heavy (non-hydrogen) atoms. The molecule has 0 spiro atoms. The van der Waals surface area contributed by atoms with Gasteiger partial charge < -0.3 is 23.8 Å². The Balaban J connectivity index is 1.53. The standard InChI is InChI=1S/C20H31N3O5/c1-25-17-5-4-16(19(26-2)20(17)27-3)14-21-6-8-22(9-7-21)15-18(24)23-10-12-28-13-11-23/h4-5H,6-15H2,1-3H3. The third-order valence-electron chi connectivity index (χ3n) is 5.37. The Hall–Kier alpha value is -2.03. The predicted molar refractivity (Wildman–Crippen MR) is 105 cm³/mol. The summed E-state index contributed by atoms with van der Waals surface area (Å²) in [5, 5.41) is 0. The number of carbonyl (C=O) groups is 1. The lowest BCUT2D eigenvalue weighted by Crippen LogP contribution is -2.51. The van der Waals surface area contributed by atoms with Crippen molar-refractivity contribution in [2.45, 2.75) is 6.54 Å². The van der Waals surface area contributed by atoms with Crippen LogP contribution < -0.4 is 14.2 Å². The van der Waals surface area contributed by atoms with Crippen molar-refractivity contribution in [3.63, 3.8) is 0 Å². The molecule has 1 amide bonds. The topological polar surface area (TPSA) is 63.7 Å². The Morgan fingerprint density at radius 3 is 2.14 bits per heavy atom. The molecule has 8 nitrogen and oxygen atoms in total. The van der Waals surface area contributed by atoms with E-state index < -0.39 is 0 Å². The Kier molecular flexibility index (Phi) is 7.36. The van der Waals surface area contributed by atoms with E-state index in [1.165, 1.54) is 0 Å². The summed E-state index contributed by atoms with van der Waals surface area (Å²) in [7, 11) is 4.89. The SMILES string of the molecule is COc1ccc(CN2CCN(CC(=O)N3CCOCC3)CC2)c(OC)c1OC. The van der Waals surface area contributed by atoms with E-state index in [9.17, 15) is 4.79 Å². The average molecular weight is 393 g/mol. The van der Waals surface area contributed by atoms with Gasteiger partial charge >= 0.3 is 0 Å². The van der Waals surface area contributed by atoms with Gasteiger partial charge in [-0.25, -0.2) is 0 Å². The number of amides is 1. The van der Waals surface area contributed by atoms with E-state index in [1.54, 1.807) is 21.3 Å². The fraction of sp³-hybridized carbons (Fsp3) is 0.650. The average Bonchev–Trinajstić information content (AvgIpc) is 2.75. The lowest BCUT2D eigenvalue weighted by Gasteiger charge is -2.36. The molecule has 2 fully saturated rings. The number of methoxy groups -OCH3 is 3. The van der Waals surface area contributed by atoms with Crippen molar-refractivity contribution < 1.29 is 23.7 Å². The van der Waals surface area contributed by atoms with Crippen LogP contribution in [0.2, 0.25) is 0 Å². The molecule has 8 heteroatoms. The molecule has 3 rings (SSSR count). The quantitative estimate of drug-likeness (QED) is 0.675. The number of piperazine rings is 1. The van der Waals surface area contributed by atoms with Gasteiger partial charge in [-0.2, -0.15) is 0 Å². The zero-order valence-electron chi connectivity index (χ0n) is 17.1. The number of rotatable bonds is 7. The Morgan fingerprint density at radius 1 is 0.893 bits per heavy atom. The second-order valence-electron chi connectivity index (χ2n) is 7.04. The monoisotopic (exact) mass is 393 g/mol. The van der Waals surface area contributed by atoms with Crippen LogP contribution in [0, 0.1) is 0 Å². The van der Waals surface area contributed by atoms with Gasteiger partial charge in [-0.15, -0.1) is 0 Å². The molecule has 2 aliphatic heterocycles. The molecule has 0 aromatic heterocycles. The van der Waals surface area contributed by atoms with Crippen LogP contribution in [-0.4, -0.2) is 101 Å². The highest BCUT2D eigenvalue weighted by Crippen LogP contribution is 2.40. The molecule has 0 N–H and O–H groups in total. The van der Waals surface area contributed by atoms with E-state index in [0.29, 0.717) is 50.1 Å². The van der Waals surface area contributed by atoms with Gasteiger partial charge in [0.2, 0.25) is 11.7 Å². The summed E-state index contributed by atoms with van der Waals surface area (Å²) in [6.07, 6.45) is 0. The predicted octanol–water partition coefficient (Wildman–Crippen LogP) is 0.689. The van der Waals surface area contributed by atoms with Crippen LogP contribution in [0.5, 0.6) is 17.2 Å². The lowest BCUT2D eigenvalue weighted by molar-refractivity contribution is -0.136. The lowest BCUT2D eigenvalue weighted by atomic mass is 10.1. The van der Waals surface area contributed by atoms with E-state index in [-0.39, 0.29) is 5.91 Å². The minimum Gasteiger partial charge on any atom is -0.493 e. The largest absolute Gasteiger partial charge is 0.493 e. The second kappa shape index (κ2) is 9.95. The molecule has 156 valence electrons. The van der Waals surface area contributed by atoms with Gasteiger partial charge in [-0.1, -0.05) is 6.07 Å². The molecular formula is C20H31N3O5. The van der Waals surface area contributed by atoms with Gasteiger partial charge in [-0.3, -0.25) is 14.6 Å². The van der Waals surface area contributed by atoms with Gasteiger partial charge in [0.05, 0.1) is 41.1 Å². The number of ether oxygens (including phenoxy) is 4. The number of hydrogen-bond acceptors (Lipinski definition) is 7. The van der Waals surface area contributed by atoms with Crippen molar-refractivity contribution in [2.75, 3.05) is 80.4 Å². The summed E-state index contributed by atoms with van der Waals surface area (Å²) in [5.41, 5.74) is 1.07. The molecular weight excluding hydrogens is 362 g/mol. The number of nitrogens with zero attached hydrogens (tertiary/aromatic N) is 3. The van der Waals surface area contributed by atoms with E-state index >= 15 is 0 Å². The highest BCUT2D eigenvalue weighted by Gasteiger charge is 2.24. The molecule has 0 radical (unpaired) electrons. The van der Waals surface area contributed by atoms with E-state index in [2.05, 4.69) is 9.80 Å². The Bertz CT molecular complexity index is 655. The maximum absolute atomic E-state index is 12.4. The van der Waals surface area contributed by atoms with Gasteiger partial charge in [0.1, 0.15) is 0 Å². The van der Waals surface area contributed by atoms with Crippen LogP contribution in [-0.2, 0) is 16.1 Å². The van der Waals surface area contributed by atoms with Gasteiger partial charge in [-0.05, 0) is 6.07 Å². The fourth-order valence-electron chi connectivity index (χ4n) is 3.74. The number of benzene rings is 1. The molecule has 2 saturated heterocycles. The van der Waals surface area contributed by atoms with Gasteiger partial charge in [0.15, 0.2) is 11.5 Å². The van der Waals surface area contributed by atoms with Crippen molar-refractivity contribution in [3.8, 4) is 17.2 Å². The van der Waals surface area contributed by atoms with Gasteiger partial charge in [0.25, 0.3) is 0 Å². The summed E-state index contributed by atoms with van der Waals surface area (Å²) in [6, 6.07) is 3.93. The van der Waals surface area contributed by atoms with Crippen molar-refractivity contribution in [2.24, 2.45) is 0 Å². The molecule has 2 aliphatic rings. The molecule has 2 heterocycles. The molecule has 0 unspecified atom stereocenters. The smallest absolute Gasteiger partial charge is 0.236 e. The third-order valence-corrected chi connectivity index (χ3v) is 5.37. The van der Waals surface area contributed by atoms with Crippen molar-refractivity contribution in [1.29, 1.82) is 0 Å². The van der Waals surface area contributed by atoms with Crippen molar-refractivity contribution in [1.82, 2.24) is 14.7 Å². The first-order chi connectivity index (χ1) is 13.7. The normalized spacial score (nSPS) is 18.8. The van der Waals surface area contributed by atoms with Crippen LogP contribution in [0.1, 0.15) is 5.56 Å². The van der Waals surface area contributed by atoms with Gasteiger partial charge in [0, 0.05) is 51.4 Å². The molecule has 0 aliphatic carbocycles. The Morgan fingerprint density at radius 2 is 1.54 bits per heavy atom. The Labute approximate surface area is 166 Å². The summed E-state index contributed by atoms with van der Waals surface area (Å²) in [6.45, 7) is 7.55. The number of carbonyl (C=O) groups excluding carboxylic acids is 1. The zero-order valence-corrected chi connectivity index (χ0v) is 17.1. The second-order valence-corrected chi connectivity index (χ2v) is 7.04. The molecule has 0 bridgehead atoms. The summed E-state index contributed by atoms with van der Waals surface area (Å²) in [5.74, 6) is 2.21. The summed E-state index contributed by atoms with van der Waals surface area (Å²) >= 11 is 0. The highest BCUT2D eigenvalue weighted by atomic mass is 16.5. The van der Waals surface area contributed by atoms with Crippen LogP contribution in [0.4, 0.5) is 0 Å². The fourth-order valence-corrected chi connectivity index (χ4v) is 3.74. The van der Waals surface area contributed by atoms with Crippen molar-refractivity contribution in [3.05, 3.63) is 17.7 Å². The van der Waals surface area contributed by atoms with Crippen molar-refractivity contribution >= 4 is 5.91 Å². The first-order valence-electron chi connectivity index (χ1n) is 9.74. The first kappa shape index (κ1) is 20.7. The molecule has 0 atom stereocenters. The van der Waals surface area contributed by atoms with Crippen LogP contribution in [0.15, 0.2) is 12.1 Å².